The predicted molar refractivity (Wildman–Crippen MR) is 98.4 cm³/mol. The summed E-state index contributed by atoms with van der Waals surface area (Å²) in [5.74, 6) is 1.09. The van der Waals surface area contributed by atoms with E-state index < -0.39 is 0 Å². The van der Waals surface area contributed by atoms with Gasteiger partial charge in [0.25, 0.3) is 0 Å². The first-order chi connectivity index (χ1) is 12.1. The number of nitrogens with one attached hydrogen (secondary N) is 1. The van der Waals surface area contributed by atoms with Crippen LogP contribution < -0.4 is 5.32 Å². The van der Waals surface area contributed by atoms with E-state index in [-0.39, 0.29) is 6.04 Å². The van der Waals surface area contributed by atoms with Crippen molar-refractivity contribution >= 4 is 5.69 Å². The number of hydrogen-bond acceptors (Lipinski definition) is 5. The summed E-state index contributed by atoms with van der Waals surface area (Å²) in [6.45, 7) is 6.71. The van der Waals surface area contributed by atoms with Gasteiger partial charge in [-0.15, -0.1) is 10.2 Å². The van der Waals surface area contributed by atoms with Crippen LogP contribution in [0.15, 0.2) is 46.9 Å². The van der Waals surface area contributed by atoms with Crippen molar-refractivity contribution in [3.8, 4) is 11.5 Å². The largest absolute Gasteiger partial charge is 0.418 e. The van der Waals surface area contributed by atoms with E-state index in [9.17, 15) is 0 Å². The van der Waals surface area contributed by atoms with Gasteiger partial charge in [0.15, 0.2) is 0 Å². The maximum Gasteiger partial charge on any atom is 0.247 e. The van der Waals surface area contributed by atoms with Gasteiger partial charge in [0, 0.05) is 23.9 Å². The van der Waals surface area contributed by atoms with Crippen LogP contribution in [0.2, 0.25) is 0 Å². The van der Waals surface area contributed by atoms with Crippen LogP contribution in [0.3, 0.4) is 0 Å². The van der Waals surface area contributed by atoms with E-state index in [0.29, 0.717) is 18.4 Å². The number of ether oxygens (including phenoxy) is 1. The Morgan fingerprint density at radius 2 is 1.88 bits per heavy atom. The van der Waals surface area contributed by atoms with Gasteiger partial charge in [0.1, 0.15) is 6.04 Å². The van der Waals surface area contributed by atoms with Crippen molar-refractivity contribution in [2.45, 2.75) is 33.4 Å². The molecule has 3 aromatic rings. The molecular formula is C20H23N3O2. The van der Waals surface area contributed by atoms with Crippen molar-refractivity contribution in [2.24, 2.45) is 0 Å². The average molecular weight is 337 g/mol. The molecule has 5 heteroatoms. The summed E-state index contributed by atoms with van der Waals surface area (Å²) in [7, 11) is 1.69. The van der Waals surface area contributed by atoms with Crippen molar-refractivity contribution in [3.63, 3.8) is 0 Å². The minimum absolute atomic E-state index is 0.106. The van der Waals surface area contributed by atoms with Gasteiger partial charge in [0.05, 0.1) is 6.61 Å². The average Bonchev–Trinajstić information content (AvgIpc) is 3.09. The summed E-state index contributed by atoms with van der Waals surface area (Å²) in [5, 5.41) is 11.8. The van der Waals surface area contributed by atoms with Crippen LogP contribution in [0.1, 0.15) is 35.5 Å². The van der Waals surface area contributed by atoms with Gasteiger partial charge in [-0.05, 0) is 50.1 Å². The quantitative estimate of drug-likeness (QED) is 0.708. The van der Waals surface area contributed by atoms with Gasteiger partial charge in [-0.3, -0.25) is 0 Å². The molecule has 0 saturated heterocycles. The van der Waals surface area contributed by atoms with Crippen LogP contribution in [0.4, 0.5) is 5.69 Å². The third-order valence-electron chi connectivity index (χ3n) is 4.25. The molecule has 3 rings (SSSR count). The topological polar surface area (TPSA) is 60.2 Å². The van der Waals surface area contributed by atoms with Gasteiger partial charge in [0.2, 0.25) is 11.8 Å². The van der Waals surface area contributed by atoms with Crippen LogP contribution in [0.25, 0.3) is 11.5 Å². The number of anilines is 1. The molecule has 0 bridgehead atoms. The predicted octanol–water partition coefficient (Wildman–Crippen LogP) is 4.67. The van der Waals surface area contributed by atoms with E-state index in [1.165, 1.54) is 11.1 Å². The van der Waals surface area contributed by atoms with E-state index in [0.717, 1.165) is 16.8 Å². The zero-order valence-corrected chi connectivity index (χ0v) is 15.0. The first-order valence-electron chi connectivity index (χ1n) is 8.33. The summed E-state index contributed by atoms with van der Waals surface area (Å²) >= 11 is 0. The first kappa shape index (κ1) is 17.2. The molecule has 1 N–H and O–H groups in total. The Balaban J connectivity index is 1.79. The highest BCUT2D eigenvalue weighted by molar-refractivity contribution is 5.55. The normalized spacial score (nSPS) is 12.2. The molecule has 1 atom stereocenters. The number of aryl methyl sites for hydroxylation is 2. The summed E-state index contributed by atoms with van der Waals surface area (Å²) in [5.41, 5.74) is 5.48. The number of para-hydroxylation sites is 1. The highest BCUT2D eigenvalue weighted by Gasteiger charge is 2.16. The van der Waals surface area contributed by atoms with Gasteiger partial charge >= 0.3 is 0 Å². The monoisotopic (exact) mass is 337 g/mol. The minimum Gasteiger partial charge on any atom is -0.418 e. The summed E-state index contributed by atoms with van der Waals surface area (Å²) < 4.78 is 11.1. The number of rotatable bonds is 6. The lowest BCUT2D eigenvalue weighted by molar-refractivity contribution is 0.185. The van der Waals surface area contributed by atoms with Crippen molar-refractivity contribution in [2.75, 3.05) is 12.4 Å². The van der Waals surface area contributed by atoms with E-state index in [1.807, 2.05) is 37.3 Å². The summed E-state index contributed by atoms with van der Waals surface area (Å²) in [4.78, 5) is 0. The Hall–Kier alpha value is -2.66. The molecule has 0 radical (unpaired) electrons. The molecule has 0 aliphatic carbocycles. The standard InChI is InChI=1S/C20H23N3O2/c1-13-9-10-16(11-14(13)2)20-23-22-19(25-20)15(3)21-18-8-6-5-7-17(18)12-24-4/h5-11,15,21H,12H2,1-4H3. The van der Waals surface area contributed by atoms with Crippen molar-refractivity contribution in [1.29, 1.82) is 0 Å². The number of benzene rings is 2. The molecule has 0 saturated carbocycles. The molecule has 0 aliphatic heterocycles. The van der Waals surface area contributed by atoms with Gasteiger partial charge in [-0.1, -0.05) is 24.3 Å². The van der Waals surface area contributed by atoms with E-state index in [2.05, 4.69) is 41.5 Å². The second-order valence-electron chi connectivity index (χ2n) is 6.20. The molecule has 0 spiro atoms. The lowest BCUT2D eigenvalue weighted by Crippen LogP contribution is -2.09. The third-order valence-corrected chi connectivity index (χ3v) is 4.25. The minimum atomic E-state index is -0.106. The van der Waals surface area contributed by atoms with Crippen LogP contribution in [0, 0.1) is 13.8 Å². The number of nitrogens with zero attached hydrogens (tertiary/aromatic N) is 2. The fourth-order valence-corrected chi connectivity index (χ4v) is 2.64. The zero-order valence-electron chi connectivity index (χ0n) is 15.0. The second kappa shape index (κ2) is 7.49. The third kappa shape index (κ3) is 3.88. The van der Waals surface area contributed by atoms with Crippen LogP contribution in [-0.4, -0.2) is 17.3 Å². The summed E-state index contributed by atoms with van der Waals surface area (Å²) in [6, 6.07) is 14.1. The van der Waals surface area contributed by atoms with Crippen molar-refractivity contribution in [1.82, 2.24) is 10.2 Å². The van der Waals surface area contributed by atoms with E-state index in [4.69, 9.17) is 9.15 Å². The molecule has 0 amide bonds. The van der Waals surface area contributed by atoms with Crippen LogP contribution in [0.5, 0.6) is 0 Å². The Bertz CT molecular complexity index is 858. The Morgan fingerprint density at radius 1 is 1.08 bits per heavy atom. The Kier molecular flexibility index (Phi) is 5.14. The van der Waals surface area contributed by atoms with Gasteiger partial charge in [-0.25, -0.2) is 0 Å². The smallest absolute Gasteiger partial charge is 0.247 e. The molecule has 0 fully saturated rings. The van der Waals surface area contributed by atoms with Crippen LogP contribution in [-0.2, 0) is 11.3 Å². The zero-order chi connectivity index (χ0) is 17.8. The van der Waals surface area contributed by atoms with Crippen LogP contribution >= 0.6 is 0 Å². The number of hydrogen-bond donors (Lipinski definition) is 1. The van der Waals surface area contributed by atoms with E-state index in [1.54, 1.807) is 7.11 Å². The van der Waals surface area contributed by atoms with Gasteiger partial charge in [-0.2, -0.15) is 0 Å². The first-order valence-corrected chi connectivity index (χ1v) is 8.33. The van der Waals surface area contributed by atoms with Crippen molar-refractivity contribution < 1.29 is 9.15 Å². The highest BCUT2D eigenvalue weighted by Crippen LogP contribution is 2.26. The molecule has 25 heavy (non-hydrogen) atoms. The summed E-state index contributed by atoms with van der Waals surface area (Å²) in [6.07, 6.45) is 0. The second-order valence-corrected chi connectivity index (χ2v) is 6.20. The molecular weight excluding hydrogens is 314 g/mol. The maximum atomic E-state index is 5.88. The fraction of sp³-hybridized carbons (Fsp3) is 0.300. The Labute approximate surface area is 148 Å². The van der Waals surface area contributed by atoms with Gasteiger partial charge < -0.3 is 14.5 Å². The lowest BCUT2D eigenvalue weighted by Gasteiger charge is -2.15. The lowest BCUT2D eigenvalue weighted by atomic mass is 10.1. The number of aromatic nitrogens is 2. The highest BCUT2D eigenvalue weighted by atomic mass is 16.5. The molecule has 1 unspecified atom stereocenters. The van der Waals surface area contributed by atoms with Crippen molar-refractivity contribution in [3.05, 3.63) is 65.0 Å². The fourth-order valence-electron chi connectivity index (χ4n) is 2.64. The SMILES string of the molecule is COCc1ccccc1NC(C)c1nnc(-c2ccc(C)c(C)c2)o1. The molecule has 1 heterocycles. The molecule has 1 aromatic heterocycles. The van der Waals surface area contributed by atoms with E-state index >= 15 is 0 Å². The molecule has 130 valence electrons. The molecule has 5 nitrogen and oxygen atoms in total. The maximum absolute atomic E-state index is 5.88. The Morgan fingerprint density at radius 3 is 2.64 bits per heavy atom. The molecule has 0 aliphatic rings. The molecule has 2 aromatic carbocycles. The number of methoxy groups -OCH3 is 1.